The Bertz CT molecular complexity index is 616. The van der Waals surface area contributed by atoms with E-state index in [1.54, 1.807) is 23.1 Å². The van der Waals surface area contributed by atoms with Gasteiger partial charge in [-0.05, 0) is 38.0 Å². The molecule has 1 aromatic rings. The summed E-state index contributed by atoms with van der Waals surface area (Å²) < 4.78 is 5.68. The number of Topliss-reactive ketones (excluding diaryl/α,β-unsaturated/α-hetero) is 1. The second kappa shape index (κ2) is 11.7. The molecule has 0 heterocycles. The van der Waals surface area contributed by atoms with Crippen molar-refractivity contribution in [3.05, 3.63) is 23.8 Å². The molecule has 1 amide bonds. The fourth-order valence-electron chi connectivity index (χ4n) is 2.67. The van der Waals surface area contributed by atoms with Crippen LogP contribution in [-0.2, 0) is 4.79 Å². The van der Waals surface area contributed by atoms with Gasteiger partial charge in [0.25, 0.3) is 0 Å². The van der Waals surface area contributed by atoms with Crippen LogP contribution in [0.3, 0.4) is 0 Å². The predicted molar refractivity (Wildman–Crippen MR) is 109 cm³/mol. The molecule has 0 spiro atoms. The number of hydrogen-bond acceptors (Lipinski definition) is 5. The number of hydrogen-bond donors (Lipinski definition) is 2. The van der Waals surface area contributed by atoms with E-state index in [1.807, 2.05) is 27.7 Å². The Morgan fingerprint density at radius 3 is 2.48 bits per heavy atom. The van der Waals surface area contributed by atoms with Crippen molar-refractivity contribution in [3.8, 4) is 5.75 Å². The summed E-state index contributed by atoms with van der Waals surface area (Å²) >= 11 is 0. The van der Waals surface area contributed by atoms with E-state index in [2.05, 4.69) is 5.32 Å². The molecule has 0 aromatic heterocycles. The van der Waals surface area contributed by atoms with E-state index >= 15 is 0 Å². The van der Waals surface area contributed by atoms with Crippen LogP contribution in [0.15, 0.2) is 18.2 Å². The highest BCUT2D eigenvalue weighted by Crippen LogP contribution is 2.27. The lowest BCUT2D eigenvalue weighted by Crippen LogP contribution is -2.35. The van der Waals surface area contributed by atoms with Gasteiger partial charge in [-0.25, -0.2) is 0 Å². The smallest absolute Gasteiger partial charge is 0.226 e. The molecule has 2 N–H and O–H groups in total. The number of aliphatic hydroxyl groups is 1. The van der Waals surface area contributed by atoms with Crippen molar-refractivity contribution >= 4 is 17.4 Å². The Balaban J connectivity index is 2.95. The molecule has 6 heteroatoms. The zero-order valence-electron chi connectivity index (χ0n) is 17.2. The minimum Gasteiger partial charge on any atom is -0.490 e. The third-order valence-electron chi connectivity index (χ3n) is 4.06. The summed E-state index contributed by atoms with van der Waals surface area (Å²) in [6.45, 7) is 10.6. The molecular formula is C21H34N2O4. The summed E-state index contributed by atoms with van der Waals surface area (Å²) in [5, 5.41) is 13.1. The van der Waals surface area contributed by atoms with Gasteiger partial charge in [0.1, 0.15) is 18.5 Å². The maximum absolute atomic E-state index is 12.4. The van der Waals surface area contributed by atoms with Crippen molar-refractivity contribution in [1.82, 2.24) is 5.32 Å². The number of rotatable bonds is 12. The van der Waals surface area contributed by atoms with Gasteiger partial charge in [0.15, 0.2) is 5.78 Å². The van der Waals surface area contributed by atoms with Crippen LogP contribution in [-0.4, -0.2) is 48.6 Å². The first kappa shape index (κ1) is 23.1. The van der Waals surface area contributed by atoms with E-state index in [9.17, 15) is 14.7 Å². The first-order chi connectivity index (χ1) is 12.8. The molecule has 27 heavy (non-hydrogen) atoms. The molecule has 1 aromatic carbocycles. The molecule has 0 bridgehead atoms. The van der Waals surface area contributed by atoms with E-state index in [0.29, 0.717) is 36.5 Å². The lowest BCUT2D eigenvalue weighted by molar-refractivity contribution is -0.118. The van der Waals surface area contributed by atoms with E-state index in [1.165, 1.54) is 6.92 Å². The normalized spacial score (nSPS) is 12.1. The van der Waals surface area contributed by atoms with E-state index in [4.69, 9.17) is 4.74 Å². The van der Waals surface area contributed by atoms with Crippen molar-refractivity contribution in [1.29, 1.82) is 0 Å². The van der Waals surface area contributed by atoms with Gasteiger partial charge in [0.05, 0.1) is 5.56 Å². The van der Waals surface area contributed by atoms with Crippen LogP contribution in [0.25, 0.3) is 0 Å². The van der Waals surface area contributed by atoms with Crippen LogP contribution >= 0.6 is 0 Å². The van der Waals surface area contributed by atoms with Gasteiger partial charge >= 0.3 is 0 Å². The SMILES string of the molecule is CCCC(=O)N(CCC)c1ccc(OCC(O)CNC(C)C)c(C(C)=O)c1. The molecule has 1 atom stereocenters. The fraction of sp³-hybridized carbons (Fsp3) is 0.619. The average Bonchev–Trinajstić information content (AvgIpc) is 2.62. The maximum Gasteiger partial charge on any atom is 0.226 e. The molecule has 0 aliphatic carbocycles. The Labute approximate surface area is 162 Å². The van der Waals surface area contributed by atoms with Gasteiger partial charge in [-0.1, -0.05) is 27.7 Å². The molecule has 152 valence electrons. The molecule has 0 aliphatic rings. The summed E-state index contributed by atoms with van der Waals surface area (Å²) in [5.74, 6) is 0.341. The number of nitrogens with one attached hydrogen (secondary N) is 1. The number of amides is 1. The van der Waals surface area contributed by atoms with E-state index < -0.39 is 6.10 Å². The third kappa shape index (κ3) is 7.69. The topological polar surface area (TPSA) is 78.9 Å². The van der Waals surface area contributed by atoms with Crippen LogP contribution in [0.4, 0.5) is 5.69 Å². The van der Waals surface area contributed by atoms with Gasteiger partial charge in [-0.15, -0.1) is 0 Å². The van der Waals surface area contributed by atoms with E-state index in [0.717, 1.165) is 12.8 Å². The van der Waals surface area contributed by atoms with Crippen molar-refractivity contribution in [2.24, 2.45) is 0 Å². The highest BCUT2D eigenvalue weighted by molar-refractivity contribution is 6.00. The van der Waals surface area contributed by atoms with Gasteiger partial charge in [0.2, 0.25) is 5.91 Å². The minimum atomic E-state index is -0.672. The molecule has 1 rings (SSSR count). The zero-order chi connectivity index (χ0) is 20.4. The number of ketones is 1. The number of nitrogens with zero attached hydrogens (tertiary/aromatic N) is 1. The molecule has 1 unspecified atom stereocenters. The van der Waals surface area contributed by atoms with Crippen LogP contribution in [0.1, 0.15) is 64.2 Å². The Morgan fingerprint density at radius 2 is 1.93 bits per heavy atom. The molecule has 6 nitrogen and oxygen atoms in total. The summed E-state index contributed by atoms with van der Waals surface area (Å²) in [5.41, 5.74) is 1.12. The molecule has 0 radical (unpaired) electrons. The Morgan fingerprint density at radius 1 is 1.22 bits per heavy atom. The van der Waals surface area contributed by atoms with Crippen molar-refractivity contribution in [2.75, 3.05) is 24.6 Å². The maximum atomic E-state index is 12.4. The molecule has 0 fully saturated rings. The Hall–Kier alpha value is -1.92. The lowest BCUT2D eigenvalue weighted by Gasteiger charge is -2.23. The van der Waals surface area contributed by atoms with Crippen molar-refractivity contribution in [3.63, 3.8) is 0 Å². The zero-order valence-corrected chi connectivity index (χ0v) is 17.2. The number of ether oxygens (including phenoxy) is 1. The quantitative estimate of drug-likeness (QED) is 0.546. The summed E-state index contributed by atoms with van der Waals surface area (Å²) in [7, 11) is 0. The Kier molecular flexibility index (Phi) is 10.0. The standard InChI is InChI=1S/C21H34N2O4/c1-6-8-21(26)23(11-7-2)17-9-10-20(19(12-17)16(5)24)27-14-18(25)13-22-15(3)4/h9-10,12,15,18,22,25H,6-8,11,13-14H2,1-5H3. The number of carbonyl (C=O) groups is 2. The second-order valence-electron chi connectivity index (χ2n) is 7.06. The number of carbonyl (C=O) groups excluding carboxylic acids is 2. The monoisotopic (exact) mass is 378 g/mol. The molecule has 0 saturated carbocycles. The van der Waals surface area contributed by atoms with E-state index in [-0.39, 0.29) is 24.3 Å². The highest BCUT2D eigenvalue weighted by Gasteiger charge is 2.18. The molecule has 0 saturated heterocycles. The van der Waals surface area contributed by atoms with Gasteiger partial charge in [0, 0.05) is 31.2 Å². The lowest BCUT2D eigenvalue weighted by atomic mass is 10.1. The first-order valence-electron chi connectivity index (χ1n) is 9.79. The molecule has 0 aliphatic heterocycles. The predicted octanol–water partition coefficient (Wildman–Crippen LogP) is 3.17. The number of anilines is 1. The van der Waals surface area contributed by atoms with Crippen molar-refractivity contribution in [2.45, 2.75) is 66.0 Å². The minimum absolute atomic E-state index is 0.0534. The summed E-state index contributed by atoms with van der Waals surface area (Å²) in [4.78, 5) is 26.2. The number of aliphatic hydroxyl groups excluding tert-OH is 1. The van der Waals surface area contributed by atoms with Gasteiger partial charge < -0.3 is 20.1 Å². The van der Waals surface area contributed by atoms with Crippen molar-refractivity contribution < 1.29 is 19.4 Å². The molecular weight excluding hydrogens is 344 g/mol. The van der Waals surface area contributed by atoms with Crippen LogP contribution in [0.2, 0.25) is 0 Å². The van der Waals surface area contributed by atoms with Gasteiger partial charge in [-0.2, -0.15) is 0 Å². The summed E-state index contributed by atoms with van der Waals surface area (Å²) in [6.07, 6.45) is 1.41. The van der Waals surface area contributed by atoms with Crippen LogP contribution in [0, 0.1) is 0 Å². The van der Waals surface area contributed by atoms with Gasteiger partial charge in [-0.3, -0.25) is 9.59 Å². The third-order valence-corrected chi connectivity index (χ3v) is 4.06. The number of benzene rings is 1. The van der Waals surface area contributed by atoms with Crippen LogP contribution < -0.4 is 15.0 Å². The average molecular weight is 379 g/mol. The highest BCUT2D eigenvalue weighted by atomic mass is 16.5. The first-order valence-corrected chi connectivity index (χ1v) is 9.79. The van der Waals surface area contributed by atoms with Crippen LogP contribution in [0.5, 0.6) is 5.75 Å². The summed E-state index contributed by atoms with van der Waals surface area (Å²) in [6, 6.07) is 5.48. The fourth-order valence-corrected chi connectivity index (χ4v) is 2.67. The second-order valence-corrected chi connectivity index (χ2v) is 7.06. The largest absolute Gasteiger partial charge is 0.490 e.